The molecule has 0 amide bonds. The van der Waals surface area contributed by atoms with Crippen LogP contribution in [0.4, 0.5) is 0 Å². The van der Waals surface area contributed by atoms with Crippen molar-refractivity contribution in [1.82, 2.24) is 0 Å². The fraction of sp³-hybridized carbons (Fsp3) is 0.889. The number of hydrogen-bond donors (Lipinski definition) is 1. The van der Waals surface area contributed by atoms with Gasteiger partial charge in [0.05, 0.1) is 19.6 Å². The SMILES string of the molecule is CC(C)CCCCOC(=O)CC(C(=O)OCCCCC(C)C)S(=O)(=O)O. The third-order valence-corrected chi connectivity index (χ3v) is 4.91. The van der Waals surface area contributed by atoms with E-state index in [1.54, 1.807) is 0 Å². The van der Waals surface area contributed by atoms with Crippen LogP contribution in [0.3, 0.4) is 0 Å². The topological polar surface area (TPSA) is 107 Å². The summed E-state index contributed by atoms with van der Waals surface area (Å²) < 4.78 is 41.8. The van der Waals surface area contributed by atoms with Gasteiger partial charge in [0.1, 0.15) is 0 Å². The molecule has 0 aromatic heterocycles. The van der Waals surface area contributed by atoms with E-state index in [1.165, 1.54) is 0 Å². The fourth-order valence-corrected chi connectivity index (χ4v) is 2.94. The first-order chi connectivity index (χ1) is 12.0. The van der Waals surface area contributed by atoms with E-state index < -0.39 is 33.7 Å². The number of unbranched alkanes of at least 4 members (excludes halogenated alkanes) is 2. The van der Waals surface area contributed by atoms with E-state index in [9.17, 15) is 22.6 Å². The van der Waals surface area contributed by atoms with E-state index in [4.69, 9.17) is 9.47 Å². The molecule has 7 nitrogen and oxygen atoms in total. The van der Waals surface area contributed by atoms with Gasteiger partial charge in [-0.2, -0.15) is 8.42 Å². The van der Waals surface area contributed by atoms with Crippen LogP contribution in [0.25, 0.3) is 0 Å². The van der Waals surface area contributed by atoms with Crippen LogP contribution in [-0.2, 0) is 29.2 Å². The number of esters is 2. The average Bonchev–Trinajstić information content (AvgIpc) is 2.50. The maximum atomic E-state index is 11.9. The first-order valence-electron chi connectivity index (χ1n) is 9.32. The van der Waals surface area contributed by atoms with Gasteiger partial charge in [0.15, 0.2) is 5.25 Å². The molecular formula is C18H34O7S. The zero-order chi connectivity index (χ0) is 20.2. The van der Waals surface area contributed by atoms with Gasteiger partial charge in [0, 0.05) is 0 Å². The molecule has 0 radical (unpaired) electrons. The minimum Gasteiger partial charge on any atom is -0.466 e. The van der Waals surface area contributed by atoms with Crippen molar-refractivity contribution < 1.29 is 32.0 Å². The predicted octanol–water partition coefficient (Wildman–Crippen LogP) is 3.37. The lowest BCUT2D eigenvalue weighted by molar-refractivity contribution is -0.150. The molecule has 0 aromatic carbocycles. The Balaban J connectivity index is 4.30. The molecule has 154 valence electrons. The largest absolute Gasteiger partial charge is 0.466 e. The monoisotopic (exact) mass is 394 g/mol. The van der Waals surface area contributed by atoms with Crippen LogP contribution in [0.2, 0.25) is 0 Å². The molecule has 0 bridgehead atoms. The van der Waals surface area contributed by atoms with Gasteiger partial charge in [-0.15, -0.1) is 0 Å². The van der Waals surface area contributed by atoms with E-state index in [1.807, 2.05) is 0 Å². The lowest BCUT2D eigenvalue weighted by atomic mass is 10.1. The molecule has 0 saturated heterocycles. The second-order valence-corrected chi connectivity index (χ2v) is 8.97. The summed E-state index contributed by atoms with van der Waals surface area (Å²) in [6.07, 6.45) is 4.25. The number of hydrogen-bond acceptors (Lipinski definition) is 6. The molecule has 0 saturated carbocycles. The van der Waals surface area contributed by atoms with Crippen molar-refractivity contribution >= 4 is 22.1 Å². The van der Waals surface area contributed by atoms with Crippen molar-refractivity contribution in [3.63, 3.8) is 0 Å². The van der Waals surface area contributed by atoms with Gasteiger partial charge in [-0.3, -0.25) is 14.1 Å². The van der Waals surface area contributed by atoms with Crippen molar-refractivity contribution in [1.29, 1.82) is 0 Å². The van der Waals surface area contributed by atoms with Gasteiger partial charge in [-0.1, -0.05) is 40.5 Å². The van der Waals surface area contributed by atoms with Gasteiger partial charge in [-0.05, 0) is 37.5 Å². The van der Waals surface area contributed by atoms with Crippen LogP contribution in [0, 0.1) is 11.8 Å². The smallest absolute Gasteiger partial charge is 0.327 e. The molecule has 8 heteroatoms. The molecule has 0 rings (SSSR count). The summed E-state index contributed by atoms with van der Waals surface area (Å²) in [7, 11) is -4.74. The highest BCUT2D eigenvalue weighted by molar-refractivity contribution is 7.87. The van der Waals surface area contributed by atoms with Crippen LogP contribution in [-0.4, -0.2) is 43.4 Å². The first-order valence-corrected chi connectivity index (χ1v) is 10.8. The lowest BCUT2D eigenvalue weighted by Gasteiger charge is -2.13. The average molecular weight is 395 g/mol. The zero-order valence-electron chi connectivity index (χ0n) is 16.4. The molecule has 0 aromatic rings. The minimum absolute atomic E-state index is 0.0574. The second kappa shape index (κ2) is 13.1. The quantitative estimate of drug-likeness (QED) is 0.273. The van der Waals surface area contributed by atoms with Crippen LogP contribution in [0.5, 0.6) is 0 Å². The van der Waals surface area contributed by atoms with E-state index in [0.717, 1.165) is 25.7 Å². The van der Waals surface area contributed by atoms with Crippen LogP contribution in [0.15, 0.2) is 0 Å². The minimum atomic E-state index is -4.74. The van der Waals surface area contributed by atoms with Crippen molar-refractivity contribution in [2.75, 3.05) is 13.2 Å². The van der Waals surface area contributed by atoms with Crippen molar-refractivity contribution in [3.05, 3.63) is 0 Å². The maximum Gasteiger partial charge on any atom is 0.327 e. The Bertz CT molecular complexity index is 512. The highest BCUT2D eigenvalue weighted by Crippen LogP contribution is 2.11. The Morgan fingerprint density at radius 3 is 1.73 bits per heavy atom. The molecule has 0 fully saturated rings. The molecule has 0 aliphatic rings. The second-order valence-electron chi connectivity index (χ2n) is 7.37. The maximum absolute atomic E-state index is 11.9. The van der Waals surface area contributed by atoms with E-state index in [0.29, 0.717) is 24.7 Å². The Kier molecular flexibility index (Phi) is 12.5. The molecule has 0 heterocycles. The van der Waals surface area contributed by atoms with Gasteiger partial charge >= 0.3 is 11.9 Å². The van der Waals surface area contributed by atoms with Crippen LogP contribution in [0.1, 0.15) is 72.6 Å². The molecule has 26 heavy (non-hydrogen) atoms. The molecule has 1 N–H and O–H groups in total. The number of rotatable bonds is 14. The number of carbonyl (C=O) groups is 2. The third-order valence-electron chi connectivity index (χ3n) is 3.83. The fourth-order valence-electron chi connectivity index (χ4n) is 2.28. The molecular weight excluding hydrogens is 360 g/mol. The van der Waals surface area contributed by atoms with Gasteiger partial charge in [0.25, 0.3) is 10.1 Å². The predicted molar refractivity (Wildman–Crippen MR) is 99.2 cm³/mol. The number of ether oxygens (including phenoxy) is 2. The Labute approximate surface area is 157 Å². The summed E-state index contributed by atoms with van der Waals surface area (Å²) in [6, 6.07) is 0. The van der Waals surface area contributed by atoms with Gasteiger partial charge < -0.3 is 9.47 Å². The van der Waals surface area contributed by atoms with Crippen molar-refractivity contribution in [3.8, 4) is 0 Å². The molecule has 0 aliphatic heterocycles. The van der Waals surface area contributed by atoms with Crippen molar-refractivity contribution in [2.24, 2.45) is 11.8 Å². The highest BCUT2D eigenvalue weighted by Gasteiger charge is 2.35. The van der Waals surface area contributed by atoms with Crippen LogP contribution >= 0.6 is 0 Å². The summed E-state index contributed by atoms with van der Waals surface area (Å²) in [4.78, 5) is 23.7. The molecule has 1 atom stereocenters. The van der Waals surface area contributed by atoms with Gasteiger partial charge in [0.2, 0.25) is 0 Å². The Morgan fingerprint density at radius 1 is 0.846 bits per heavy atom. The Hall–Kier alpha value is -1.15. The van der Waals surface area contributed by atoms with Gasteiger partial charge in [-0.25, -0.2) is 0 Å². The third kappa shape index (κ3) is 13.1. The summed E-state index contributed by atoms with van der Waals surface area (Å²) >= 11 is 0. The number of carbonyl (C=O) groups excluding carboxylic acids is 2. The normalized spacial score (nSPS) is 13.0. The standard InChI is InChI=1S/C18H34O7S/c1-14(2)9-5-7-11-24-17(19)13-16(26(21,22)23)18(20)25-12-8-6-10-15(3)4/h14-16H,5-13H2,1-4H3,(H,21,22,23). The summed E-state index contributed by atoms with van der Waals surface area (Å²) in [5, 5.41) is -1.93. The summed E-state index contributed by atoms with van der Waals surface area (Å²) in [5.74, 6) is -0.862. The van der Waals surface area contributed by atoms with E-state index >= 15 is 0 Å². The Morgan fingerprint density at radius 2 is 1.31 bits per heavy atom. The van der Waals surface area contributed by atoms with E-state index in [2.05, 4.69) is 27.7 Å². The highest BCUT2D eigenvalue weighted by atomic mass is 32.2. The molecule has 1 unspecified atom stereocenters. The summed E-state index contributed by atoms with van der Waals surface area (Å²) in [5.41, 5.74) is 0. The first kappa shape index (κ1) is 24.8. The molecule has 0 aliphatic carbocycles. The van der Waals surface area contributed by atoms with E-state index in [-0.39, 0.29) is 13.2 Å². The van der Waals surface area contributed by atoms with Crippen LogP contribution < -0.4 is 0 Å². The van der Waals surface area contributed by atoms with Crippen molar-refractivity contribution in [2.45, 2.75) is 77.9 Å². The molecule has 0 spiro atoms. The zero-order valence-corrected chi connectivity index (χ0v) is 17.2. The summed E-state index contributed by atoms with van der Waals surface area (Å²) in [6.45, 7) is 8.56. The lowest BCUT2D eigenvalue weighted by Crippen LogP contribution is -2.34.